The van der Waals surface area contributed by atoms with Crippen molar-refractivity contribution in [1.29, 1.82) is 0 Å². The molecule has 3 rings (SSSR count). The molecule has 2 aromatic rings. The first-order chi connectivity index (χ1) is 8.84. The molecule has 92 valence electrons. The van der Waals surface area contributed by atoms with Crippen LogP contribution in [0.1, 0.15) is 18.4 Å². The molecule has 2 N–H and O–H groups in total. The van der Waals surface area contributed by atoms with E-state index < -0.39 is 0 Å². The van der Waals surface area contributed by atoms with Crippen LogP contribution in [-0.2, 0) is 6.42 Å². The van der Waals surface area contributed by atoms with Crippen molar-refractivity contribution in [3.63, 3.8) is 0 Å². The van der Waals surface area contributed by atoms with Crippen LogP contribution in [0.4, 0.5) is 17.5 Å². The number of hydrogen-bond acceptors (Lipinski definition) is 4. The predicted molar refractivity (Wildman–Crippen MR) is 72.8 cm³/mol. The van der Waals surface area contributed by atoms with Gasteiger partial charge in [-0.15, -0.1) is 0 Å². The molecule has 18 heavy (non-hydrogen) atoms. The molecule has 0 saturated heterocycles. The molecule has 0 unspecified atom stereocenters. The van der Waals surface area contributed by atoms with Gasteiger partial charge in [-0.25, -0.2) is 4.98 Å². The molecule has 4 nitrogen and oxygen atoms in total. The van der Waals surface area contributed by atoms with Crippen LogP contribution in [0.2, 0.25) is 0 Å². The van der Waals surface area contributed by atoms with Crippen LogP contribution >= 0.6 is 0 Å². The first-order valence-corrected chi connectivity index (χ1v) is 6.28. The van der Waals surface area contributed by atoms with Crippen molar-refractivity contribution in [1.82, 2.24) is 9.97 Å². The summed E-state index contributed by atoms with van der Waals surface area (Å²) in [6.07, 6.45) is 5.18. The van der Waals surface area contributed by atoms with Gasteiger partial charge in [-0.2, -0.15) is 4.98 Å². The van der Waals surface area contributed by atoms with E-state index in [9.17, 15) is 0 Å². The number of para-hydroxylation sites is 1. The van der Waals surface area contributed by atoms with Gasteiger partial charge < -0.3 is 10.6 Å². The monoisotopic (exact) mass is 240 g/mol. The number of aryl methyl sites for hydroxylation is 1. The van der Waals surface area contributed by atoms with E-state index in [0.717, 1.165) is 19.4 Å². The summed E-state index contributed by atoms with van der Waals surface area (Å²) in [4.78, 5) is 10.8. The number of nitrogens with zero attached hydrogens (tertiary/aromatic N) is 3. The Kier molecular flexibility index (Phi) is 2.84. The highest BCUT2D eigenvalue weighted by atomic mass is 15.3. The minimum atomic E-state index is 0.515. The van der Waals surface area contributed by atoms with Crippen molar-refractivity contribution in [2.45, 2.75) is 19.3 Å². The molecule has 0 bridgehead atoms. The summed E-state index contributed by atoms with van der Waals surface area (Å²) >= 11 is 0. The summed E-state index contributed by atoms with van der Waals surface area (Å²) in [6.45, 7) is 0.945. The SMILES string of the molecule is Nc1ccnc(N2CCCCc3ccccc32)n1. The van der Waals surface area contributed by atoms with Crippen LogP contribution in [0, 0.1) is 0 Å². The second-order valence-electron chi connectivity index (χ2n) is 4.52. The molecular weight excluding hydrogens is 224 g/mol. The summed E-state index contributed by atoms with van der Waals surface area (Å²) in [5.41, 5.74) is 8.32. The van der Waals surface area contributed by atoms with Crippen LogP contribution in [-0.4, -0.2) is 16.5 Å². The molecule has 0 spiro atoms. The average Bonchev–Trinajstić information content (AvgIpc) is 2.61. The molecular formula is C14H16N4. The molecule has 2 heterocycles. The lowest BCUT2D eigenvalue weighted by Crippen LogP contribution is -2.20. The number of nitrogens with two attached hydrogens (primary N) is 1. The highest BCUT2D eigenvalue weighted by molar-refractivity contribution is 5.63. The quantitative estimate of drug-likeness (QED) is 0.832. The van der Waals surface area contributed by atoms with E-state index in [1.54, 1.807) is 12.3 Å². The number of nitrogen functional groups attached to an aromatic ring is 1. The molecule has 0 radical (unpaired) electrons. The second-order valence-corrected chi connectivity index (χ2v) is 4.52. The van der Waals surface area contributed by atoms with Crippen LogP contribution < -0.4 is 10.6 Å². The summed E-state index contributed by atoms with van der Waals surface area (Å²) in [5.74, 6) is 1.21. The fraction of sp³-hybridized carbons (Fsp3) is 0.286. The van der Waals surface area contributed by atoms with Gasteiger partial charge in [0.1, 0.15) is 5.82 Å². The number of benzene rings is 1. The van der Waals surface area contributed by atoms with Gasteiger partial charge in [0.25, 0.3) is 0 Å². The molecule has 0 atom stereocenters. The zero-order valence-electron chi connectivity index (χ0n) is 10.2. The first-order valence-electron chi connectivity index (χ1n) is 6.28. The lowest BCUT2D eigenvalue weighted by Gasteiger charge is -2.22. The first kappa shape index (κ1) is 11.0. The molecule has 1 aromatic carbocycles. The zero-order valence-corrected chi connectivity index (χ0v) is 10.2. The van der Waals surface area contributed by atoms with Crippen LogP contribution in [0.5, 0.6) is 0 Å². The molecule has 0 fully saturated rings. The van der Waals surface area contributed by atoms with Crippen LogP contribution in [0.3, 0.4) is 0 Å². The molecule has 0 aliphatic carbocycles. The third-order valence-corrected chi connectivity index (χ3v) is 3.27. The van der Waals surface area contributed by atoms with Gasteiger partial charge in [0.05, 0.1) is 0 Å². The Labute approximate surface area is 106 Å². The number of rotatable bonds is 1. The number of hydrogen-bond donors (Lipinski definition) is 1. The van der Waals surface area contributed by atoms with Crippen molar-refractivity contribution in [2.75, 3.05) is 17.2 Å². The maximum atomic E-state index is 5.75. The Balaban J connectivity index is 2.06. The van der Waals surface area contributed by atoms with Crippen molar-refractivity contribution in [3.05, 3.63) is 42.1 Å². The fourth-order valence-electron chi connectivity index (χ4n) is 2.39. The van der Waals surface area contributed by atoms with Crippen LogP contribution in [0.25, 0.3) is 0 Å². The standard InChI is InChI=1S/C14H16N4/c15-13-8-9-16-14(17-13)18-10-4-3-6-11-5-1-2-7-12(11)18/h1-2,5,7-9H,3-4,6,10H2,(H2,15,16,17). The largest absolute Gasteiger partial charge is 0.384 e. The predicted octanol–water partition coefficient (Wildman–Crippen LogP) is 2.53. The van der Waals surface area contributed by atoms with Crippen LogP contribution in [0.15, 0.2) is 36.5 Å². The van der Waals surface area contributed by atoms with E-state index in [4.69, 9.17) is 5.73 Å². The van der Waals surface area contributed by atoms with Gasteiger partial charge in [0.2, 0.25) is 5.95 Å². The number of anilines is 3. The molecule has 1 aliphatic heterocycles. The van der Waals surface area contributed by atoms with Gasteiger partial charge in [0.15, 0.2) is 0 Å². The summed E-state index contributed by atoms with van der Waals surface area (Å²) < 4.78 is 0. The minimum absolute atomic E-state index is 0.515. The van der Waals surface area contributed by atoms with Gasteiger partial charge in [-0.3, -0.25) is 0 Å². The molecule has 1 aliphatic rings. The lowest BCUT2D eigenvalue weighted by atomic mass is 10.1. The van der Waals surface area contributed by atoms with E-state index in [2.05, 4.69) is 39.1 Å². The normalized spacial score (nSPS) is 15.0. The number of fused-ring (bicyclic) bond motifs is 1. The van der Waals surface area contributed by atoms with Crippen molar-refractivity contribution >= 4 is 17.5 Å². The highest BCUT2D eigenvalue weighted by Gasteiger charge is 2.18. The highest BCUT2D eigenvalue weighted by Crippen LogP contribution is 2.30. The van der Waals surface area contributed by atoms with Crippen molar-refractivity contribution < 1.29 is 0 Å². The third kappa shape index (κ3) is 2.01. The van der Waals surface area contributed by atoms with Gasteiger partial charge in [-0.1, -0.05) is 18.2 Å². The maximum absolute atomic E-state index is 5.75. The summed E-state index contributed by atoms with van der Waals surface area (Å²) in [6, 6.07) is 10.2. The molecule has 0 amide bonds. The second kappa shape index (κ2) is 4.64. The van der Waals surface area contributed by atoms with E-state index in [0.29, 0.717) is 11.8 Å². The van der Waals surface area contributed by atoms with Crippen molar-refractivity contribution in [2.24, 2.45) is 0 Å². The Bertz CT molecular complexity index is 553. The Hall–Kier alpha value is -2.10. The molecule has 0 saturated carbocycles. The Morgan fingerprint density at radius 3 is 2.89 bits per heavy atom. The molecule has 1 aromatic heterocycles. The van der Waals surface area contributed by atoms with Crippen molar-refractivity contribution in [3.8, 4) is 0 Å². The number of aromatic nitrogens is 2. The smallest absolute Gasteiger partial charge is 0.231 e. The fourth-order valence-corrected chi connectivity index (χ4v) is 2.39. The van der Waals surface area contributed by atoms with Gasteiger partial charge >= 0.3 is 0 Å². The minimum Gasteiger partial charge on any atom is -0.384 e. The topological polar surface area (TPSA) is 55.0 Å². The van der Waals surface area contributed by atoms with E-state index in [-0.39, 0.29) is 0 Å². The van der Waals surface area contributed by atoms with E-state index >= 15 is 0 Å². The van der Waals surface area contributed by atoms with Gasteiger partial charge in [0, 0.05) is 18.4 Å². The Morgan fingerprint density at radius 1 is 1.11 bits per heavy atom. The lowest BCUT2D eigenvalue weighted by molar-refractivity contribution is 0.753. The maximum Gasteiger partial charge on any atom is 0.231 e. The van der Waals surface area contributed by atoms with E-state index in [1.807, 2.05) is 0 Å². The van der Waals surface area contributed by atoms with Gasteiger partial charge in [-0.05, 0) is 37.0 Å². The Morgan fingerprint density at radius 2 is 2.00 bits per heavy atom. The average molecular weight is 240 g/mol. The summed E-state index contributed by atoms with van der Waals surface area (Å²) in [5, 5.41) is 0. The third-order valence-electron chi connectivity index (χ3n) is 3.27. The van der Waals surface area contributed by atoms with E-state index in [1.165, 1.54) is 17.7 Å². The molecule has 4 heteroatoms. The summed E-state index contributed by atoms with van der Waals surface area (Å²) in [7, 11) is 0. The zero-order chi connectivity index (χ0) is 12.4.